The Morgan fingerprint density at radius 2 is 0.833 bits per heavy atom. The van der Waals surface area contributed by atoms with E-state index in [1.54, 1.807) is 0 Å². The number of rotatable bonds is 0. The van der Waals surface area contributed by atoms with Gasteiger partial charge in [0, 0.05) is 21.7 Å². The van der Waals surface area contributed by atoms with E-state index in [4.69, 9.17) is 37.2 Å². The molecule has 0 nitrogen and oxygen atoms in total. The van der Waals surface area contributed by atoms with Crippen LogP contribution in [0.3, 0.4) is 0 Å². The fourth-order valence-corrected chi connectivity index (χ4v) is 0. The van der Waals surface area contributed by atoms with E-state index < -0.39 is 12.3 Å². The minimum atomic E-state index is -3.11. The maximum absolute atomic E-state index is 5.01. The summed E-state index contributed by atoms with van der Waals surface area (Å²) in [6.45, 7) is 0. The largest absolute Gasteiger partial charge is 0 e. The molecule has 0 aliphatic carbocycles. The molecule has 0 amide bonds. The van der Waals surface area contributed by atoms with Crippen LogP contribution in [0.1, 0.15) is 0 Å². The molecule has 36 valence electrons. The summed E-state index contributed by atoms with van der Waals surface area (Å²) in [5.41, 5.74) is 0. The Morgan fingerprint density at radius 1 is 0.833 bits per heavy atom. The van der Waals surface area contributed by atoms with Crippen molar-refractivity contribution >= 4 is 37.2 Å². The molecule has 0 unspecified atom stereocenters. The molecule has 0 aromatic carbocycles. The average molecular weight is 238 g/mol. The van der Waals surface area contributed by atoms with Gasteiger partial charge in [-0.3, -0.25) is 0 Å². The molecule has 0 saturated carbocycles. The molecule has 0 atom stereocenters. The first-order valence-corrected chi connectivity index (χ1v) is 9.35. The van der Waals surface area contributed by atoms with E-state index in [-0.39, 0.29) is 21.7 Å². The summed E-state index contributed by atoms with van der Waals surface area (Å²) in [6.07, 6.45) is 0. The summed E-state index contributed by atoms with van der Waals surface area (Å²) < 4.78 is 0. The number of halogens is 4. The zero-order valence-electron chi connectivity index (χ0n) is 2.51. The molecule has 0 spiro atoms. The number of hydrogen-bond acceptors (Lipinski definition) is 0. The Balaban J connectivity index is 0. The molecule has 0 N–H and O–H groups in total. The zero-order chi connectivity index (χ0) is 4.50. The van der Waals surface area contributed by atoms with Gasteiger partial charge in [-0.2, -0.15) is 0 Å². The topological polar surface area (TPSA) is 0 Å². The molecular weight excluding hydrogens is 238 g/mol. The molecule has 0 fully saturated rings. The van der Waals surface area contributed by atoms with Gasteiger partial charge in [-0.25, -0.2) is 0 Å². The Labute approximate surface area is 70.2 Å². The van der Waals surface area contributed by atoms with Gasteiger partial charge < -0.3 is 0 Å². The van der Waals surface area contributed by atoms with Crippen LogP contribution in [0.2, 0.25) is 0 Å². The molecule has 0 aliphatic heterocycles. The van der Waals surface area contributed by atoms with Gasteiger partial charge in [-0.05, 0) is 0 Å². The van der Waals surface area contributed by atoms with Crippen LogP contribution in [0.5, 0.6) is 0 Å². The van der Waals surface area contributed by atoms with Crippen molar-refractivity contribution in [1.82, 2.24) is 0 Å². The fraction of sp³-hybridized carbons (Fsp3) is 0. The third-order valence-electron chi connectivity index (χ3n) is 0. The molecule has 0 rings (SSSR count). The second-order valence-electron chi connectivity index (χ2n) is 0.429. The summed E-state index contributed by atoms with van der Waals surface area (Å²) in [7, 11) is 20.1. The van der Waals surface area contributed by atoms with Crippen LogP contribution < -0.4 is 0 Å². The molecule has 0 saturated heterocycles. The maximum atomic E-state index is 5.01. The van der Waals surface area contributed by atoms with Crippen molar-refractivity contribution in [2.45, 2.75) is 0 Å². The van der Waals surface area contributed by atoms with Gasteiger partial charge in [0.1, 0.15) is 0 Å². The Morgan fingerprint density at radius 3 is 0.833 bits per heavy atom. The van der Waals surface area contributed by atoms with Crippen LogP contribution in [-0.2, 0) is 34.1 Å². The maximum Gasteiger partial charge on any atom is 0 e. The van der Waals surface area contributed by atoms with Crippen LogP contribution in [0.15, 0.2) is 0 Å². The van der Waals surface area contributed by atoms with Crippen LogP contribution in [-0.4, -0.2) is 0 Å². The van der Waals surface area contributed by atoms with Crippen molar-refractivity contribution in [1.29, 1.82) is 0 Å². The molecule has 6 heavy (non-hydrogen) atoms. The van der Waals surface area contributed by atoms with Gasteiger partial charge in [0.2, 0.25) is 0 Å². The predicted molar refractivity (Wildman–Crippen MR) is 23.4 cm³/mol. The van der Waals surface area contributed by atoms with Crippen molar-refractivity contribution in [3.63, 3.8) is 0 Å². The van der Waals surface area contributed by atoms with Crippen LogP contribution in [0.4, 0.5) is 0 Å². The summed E-state index contributed by atoms with van der Waals surface area (Å²) in [6, 6.07) is 0. The molecule has 0 aromatic heterocycles. The molecule has 6 heteroatoms. The first-order valence-electron chi connectivity index (χ1n) is 0.756. The van der Waals surface area contributed by atoms with Gasteiger partial charge in [-0.15, -0.1) is 0 Å². The first kappa shape index (κ1) is 11.4. The minimum Gasteiger partial charge on any atom is 0 e. The molecular formula is Cl4Ti2. The quantitative estimate of drug-likeness (QED) is 0.569. The molecule has 0 radical (unpaired) electrons. The van der Waals surface area contributed by atoms with Gasteiger partial charge in [0.15, 0.2) is 0 Å². The van der Waals surface area contributed by atoms with E-state index in [0.29, 0.717) is 0 Å². The third kappa shape index (κ3) is 30.7. The minimum absolute atomic E-state index is 0. The van der Waals surface area contributed by atoms with Crippen molar-refractivity contribution in [2.75, 3.05) is 0 Å². The summed E-state index contributed by atoms with van der Waals surface area (Å²) in [5.74, 6) is 0. The van der Waals surface area contributed by atoms with E-state index >= 15 is 0 Å². The van der Waals surface area contributed by atoms with Crippen molar-refractivity contribution in [3.8, 4) is 0 Å². The standard InChI is InChI=1S/4ClH.2Ti/h4*1H;;/q;;;;;+4/p-4. The monoisotopic (exact) mass is 236 g/mol. The summed E-state index contributed by atoms with van der Waals surface area (Å²) >= 11 is -3.11. The van der Waals surface area contributed by atoms with E-state index in [0.717, 1.165) is 0 Å². The first-order chi connectivity index (χ1) is 2.00. The van der Waals surface area contributed by atoms with E-state index in [1.807, 2.05) is 0 Å². The Bertz CT molecular complexity index is 21.0. The van der Waals surface area contributed by atoms with Gasteiger partial charge in [0.05, 0.1) is 0 Å². The fourth-order valence-electron chi connectivity index (χ4n) is 0. The van der Waals surface area contributed by atoms with Crippen LogP contribution in [0, 0.1) is 0 Å². The summed E-state index contributed by atoms with van der Waals surface area (Å²) in [5, 5.41) is 0. The van der Waals surface area contributed by atoms with Crippen molar-refractivity contribution < 1.29 is 34.1 Å². The van der Waals surface area contributed by atoms with Gasteiger partial charge in [0.25, 0.3) is 0 Å². The molecule has 0 aromatic rings. The van der Waals surface area contributed by atoms with Crippen molar-refractivity contribution in [2.24, 2.45) is 0 Å². The zero-order valence-corrected chi connectivity index (χ0v) is 8.66. The Kier molecular flexibility index (Phi) is 8.48. The average Bonchev–Trinajstić information content (AvgIpc) is 0.722. The van der Waals surface area contributed by atoms with Crippen LogP contribution >= 0.6 is 37.2 Å². The van der Waals surface area contributed by atoms with Gasteiger partial charge in [-0.1, -0.05) is 0 Å². The molecule has 0 heterocycles. The van der Waals surface area contributed by atoms with E-state index in [9.17, 15) is 0 Å². The van der Waals surface area contributed by atoms with Crippen LogP contribution in [0.25, 0.3) is 0 Å². The molecule has 0 aliphatic rings. The smallest absolute Gasteiger partial charge is 0 e. The van der Waals surface area contributed by atoms with Gasteiger partial charge >= 0.3 is 49.6 Å². The SMILES string of the molecule is [Cl][Ti]([Cl])([Cl])[Cl].[Ti]. The van der Waals surface area contributed by atoms with E-state index in [1.165, 1.54) is 0 Å². The predicted octanol–water partition coefficient (Wildman–Crippen LogP) is 2.75. The third-order valence-corrected chi connectivity index (χ3v) is 0. The Hall–Kier alpha value is 2.59. The van der Waals surface area contributed by atoms with Crippen molar-refractivity contribution in [3.05, 3.63) is 0 Å². The van der Waals surface area contributed by atoms with E-state index in [2.05, 4.69) is 0 Å². The second-order valence-corrected chi connectivity index (χ2v) is 15.9. The molecule has 0 bridgehead atoms. The summed E-state index contributed by atoms with van der Waals surface area (Å²) in [4.78, 5) is 0. The number of hydrogen-bond donors (Lipinski definition) is 0. The normalized spacial score (nSPS) is 10.0. The second kappa shape index (κ2) is 4.47.